The van der Waals surface area contributed by atoms with E-state index >= 15 is 0 Å². The molecule has 0 aliphatic rings. The molecule has 17 heavy (non-hydrogen) atoms. The molecule has 1 aromatic carbocycles. The number of benzene rings is 1. The number of anilines is 1. The number of rotatable bonds is 3. The van der Waals surface area contributed by atoms with E-state index in [2.05, 4.69) is 21.9 Å². The molecule has 0 heterocycles. The molecule has 0 radical (unpaired) electrons. The van der Waals surface area contributed by atoms with Gasteiger partial charge < -0.3 is 5.73 Å². The summed E-state index contributed by atoms with van der Waals surface area (Å²) in [6.45, 7) is 0.236. The van der Waals surface area contributed by atoms with E-state index in [1.165, 1.54) is 12.1 Å². The Bertz CT molecular complexity index is 537. The van der Waals surface area contributed by atoms with E-state index in [1.807, 2.05) is 0 Å². The van der Waals surface area contributed by atoms with Crippen LogP contribution < -0.4 is 5.73 Å². The summed E-state index contributed by atoms with van der Waals surface area (Å²) in [7, 11) is 0. The SMILES string of the molecule is [N-]=[N+]=NCCC#Cc1cccc(N)c1[N+](=O)[O-]. The summed E-state index contributed by atoms with van der Waals surface area (Å²) < 4.78 is 0. The smallest absolute Gasteiger partial charge is 0.307 e. The summed E-state index contributed by atoms with van der Waals surface area (Å²) in [5.41, 5.74) is 13.7. The number of hydrogen-bond acceptors (Lipinski definition) is 4. The van der Waals surface area contributed by atoms with Crippen LogP contribution in [0.1, 0.15) is 12.0 Å². The minimum absolute atomic E-state index is 0.0804. The lowest BCUT2D eigenvalue weighted by Crippen LogP contribution is -1.98. The summed E-state index contributed by atoms with van der Waals surface area (Å²) in [6.07, 6.45) is 0.343. The Morgan fingerprint density at radius 2 is 2.35 bits per heavy atom. The molecule has 0 spiro atoms. The minimum Gasteiger partial charge on any atom is -0.393 e. The zero-order valence-electron chi connectivity index (χ0n) is 8.83. The van der Waals surface area contributed by atoms with E-state index in [1.54, 1.807) is 6.07 Å². The van der Waals surface area contributed by atoms with E-state index in [9.17, 15) is 10.1 Å². The molecule has 2 N–H and O–H groups in total. The molecule has 0 saturated heterocycles. The number of nitrogens with zero attached hydrogens (tertiary/aromatic N) is 4. The topological polar surface area (TPSA) is 118 Å². The summed E-state index contributed by atoms with van der Waals surface area (Å²) in [4.78, 5) is 12.8. The van der Waals surface area contributed by atoms with Gasteiger partial charge in [0.2, 0.25) is 0 Å². The number of azide groups is 1. The maximum atomic E-state index is 10.8. The quantitative estimate of drug-likeness (QED) is 0.125. The maximum Gasteiger partial charge on any atom is 0.307 e. The molecule has 0 fully saturated rings. The number of nitro benzene ring substituents is 1. The third kappa shape index (κ3) is 3.41. The molecular formula is C10H9N5O2. The monoisotopic (exact) mass is 231 g/mol. The van der Waals surface area contributed by atoms with Gasteiger partial charge in [0, 0.05) is 17.9 Å². The van der Waals surface area contributed by atoms with E-state index in [-0.39, 0.29) is 23.5 Å². The third-order valence-corrected chi connectivity index (χ3v) is 1.87. The van der Waals surface area contributed by atoms with Crippen molar-refractivity contribution in [2.75, 3.05) is 12.3 Å². The molecule has 7 heteroatoms. The molecular weight excluding hydrogens is 222 g/mol. The maximum absolute atomic E-state index is 10.8. The van der Waals surface area contributed by atoms with Gasteiger partial charge in [0.25, 0.3) is 0 Å². The van der Waals surface area contributed by atoms with Crippen molar-refractivity contribution in [3.63, 3.8) is 0 Å². The first kappa shape index (κ1) is 12.4. The lowest BCUT2D eigenvalue weighted by atomic mass is 10.1. The normalized spacial score (nSPS) is 8.71. The molecule has 0 aliphatic carbocycles. The van der Waals surface area contributed by atoms with Gasteiger partial charge in [-0.1, -0.05) is 23.0 Å². The van der Waals surface area contributed by atoms with Crippen LogP contribution in [0.15, 0.2) is 23.3 Å². The van der Waals surface area contributed by atoms with Crippen molar-refractivity contribution in [2.24, 2.45) is 5.11 Å². The van der Waals surface area contributed by atoms with Crippen LogP contribution in [0.5, 0.6) is 0 Å². The van der Waals surface area contributed by atoms with Crippen LogP contribution in [0.25, 0.3) is 10.4 Å². The van der Waals surface area contributed by atoms with Gasteiger partial charge in [0.05, 0.1) is 4.92 Å². The van der Waals surface area contributed by atoms with Gasteiger partial charge in [0.1, 0.15) is 11.3 Å². The molecule has 7 nitrogen and oxygen atoms in total. The molecule has 0 saturated carbocycles. The molecule has 0 unspecified atom stereocenters. The lowest BCUT2D eigenvalue weighted by Gasteiger charge is -1.98. The van der Waals surface area contributed by atoms with Crippen LogP contribution in [0.4, 0.5) is 11.4 Å². The van der Waals surface area contributed by atoms with Crippen LogP contribution in [-0.4, -0.2) is 11.5 Å². The predicted molar refractivity (Wildman–Crippen MR) is 63.0 cm³/mol. The highest BCUT2D eigenvalue weighted by Gasteiger charge is 2.15. The van der Waals surface area contributed by atoms with Gasteiger partial charge in [-0.3, -0.25) is 10.1 Å². The second kappa shape index (κ2) is 6.00. The van der Waals surface area contributed by atoms with Crippen molar-refractivity contribution in [3.05, 3.63) is 44.3 Å². The Balaban J connectivity index is 2.94. The molecule has 0 amide bonds. The summed E-state index contributed by atoms with van der Waals surface area (Å²) in [5, 5.41) is 14.1. The van der Waals surface area contributed by atoms with Crippen molar-refractivity contribution < 1.29 is 4.92 Å². The van der Waals surface area contributed by atoms with E-state index in [0.29, 0.717) is 6.42 Å². The average molecular weight is 231 g/mol. The fraction of sp³-hybridized carbons (Fsp3) is 0.200. The van der Waals surface area contributed by atoms with Gasteiger partial charge in [0.15, 0.2) is 0 Å². The largest absolute Gasteiger partial charge is 0.393 e. The minimum atomic E-state index is -0.563. The van der Waals surface area contributed by atoms with Gasteiger partial charge in [-0.05, 0) is 17.7 Å². The zero-order chi connectivity index (χ0) is 12.7. The molecule has 1 aromatic rings. The van der Waals surface area contributed by atoms with Crippen molar-refractivity contribution in [3.8, 4) is 11.8 Å². The third-order valence-electron chi connectivity index (χ3n) is 1.87. The summed E-state index contributed by atoms with van der Waals surface area (Å²) >= 11 is 0. The van der Waals surface area contributed by atoms with Crippen LogP contribution in [0.3, 0.4) is 0 Å². The summed E-state index contributed by atoms with van der Waals surface area (Å²) in [5.74, 6) is 5.32. The molecule has 0 aliphatic heterocycles. The Morgan fingerprint density at radius 1 is 1.59 bits per heavy atom. The van der Waals surface area contributed by atoms with Crippen molar-refractivity contribution in [1.29, 1.82) is 0 Å². The number of nitrogens with two attached hydrogens (primary N) is 1. The number of nitrogen functional groups attached to an aromatic ring is 1. The first-order valence-electron chi connectivity index (χ1n) is 4.69. The first-order chi connectivity index (χ1) is 8.16. The fourth-order valence-electron chi connectivity index (χ4n) is 1.17. The van der Waals surface area contributed by atoms with E-state index < -0.39 is 4.92 Å². The van der Waals surface area contributed by atoms with Gasteiger partial charge in [-0.25, -0.2) is 0 Å². The van der Waals surface area contributed by atoms with Crippen LogP contribution >= 0.6 is 0 Å². The van der Waals surface area contributed by atoms with Crippen molar-refractivity contribution in [1.82, 2.24) is 0 Å². The van der Waals surface area contributed by atoms with E-state index in [4.69, 9.17) is 11.3 Å². The summed E-state index contributed by atoms with van der Waals surface area (Å²) in [6, 6.07) is 4.57. The Labute approximate surface area is 97.0 Å². The highest BCUT2D eigenvalue weighted by atomic mass is 16.6. The predicted octanol–water partition coefficient (Wildman–Crippen LogP) is 2.23. The lowest BCUT2D eigenvalue weighted by molar-refractivity contribution is -0.384. The number of hydrogen-bond donors (Lipinski definition) is 1. The molecule has 0 aromatic heterocycles. The number of para-hydroxylation sites is 1. The molecule has 86 valence electrons. The van der Waals surface area contributed by atoms with E-state index in [0.717, 1.165) is 0 Å². The first-order valence-corrected chi connectivity index (χ1v) is 4.69. The average Bonchev–Trinajstić information content (AvgIpc) is 2.28. The number of nitro groups is 1. The molecule has 0 bridgehead atoms. The Kier molecular flexibility index (Phi) is 4.36. The van der Waals surface area contributed by atoms with Gasteiger partial charge in [-0.2, -0.15) is 0 Å². The van der Waals surface area contributed by atoms with Crippen LogP contribution in [-0.2, 0) is 0 Å². The Morgan fingerprint density at radius 3 is 3.00 bits per heavy atom. The van der Waals surface area contributed by atoms with Gasteiger partial charge >= 0.3 is 5.69 Å². The van der Waals surface area contributed by atoms with Crippen molar-refractivity contribution in [2.45, 2.75) is 6.42 Å². The highest BCUT2D eigenvalue weighted by Crippen LogP contribution is 2.24. The highest BCUT2D eigenvalue weighted by molar-refractivity contribution is 5.66. The van der Waals surface area contributed by atoms with Crippen LogP contribution in [0.2, 0.25) is 0 Å². The second-order valence-corrected chi connectivity index (χ2v) is 3.01. The fourth-order valence-corrected chi connectivity index (χ4v) is 1.17. The van der Waals surface area contributed by atoms with Crippen molar-refractivity contribution >= 4 is 11.4 Å². The Hall–Kier alpha value is -2.71. The standard InChI is InChI=1S/C10H9N5O2/c11-9-6-3-5-8(10(9)15(16)17)4-1-2-7-13-14-12/h3,5-6H,2,7,11H2. The van der Waals surface area contributed by atoms with Gasteiger partial charge in [-0.15, -0.1) is 0 Å². The molecule has 1 rings (SSSR count). The second-order valence-electron chi connectivity index (χ2n) is 3.01. The molecule has 0 atom stereocenters. The van der Waals surface area contributed by atoms with Crippen LogP contribution in [0, 0.1) is 22.0 Å². The zero-order valence-corrected chi connectivity index (χ0v) is 8.83.